The largest absolute Gasteiger partial charge is 0.492 e. The molecule has 40 heavy (non-hydrogen) atoms. The summed E-state index contributed by atoms with van der Waals surface area (Å²) in [5, 5.41) is 10.9. The number of likely N-dealkylation sites (N-methyl/N-ethyl adjacent to an activating group) is 1. The standard InChI is InChI=1S/C28H30N4O5.CH2O2/c1-17-13-20(35-12-11-32(2)3)8-9-22(17)31-27-24(28(34)36-16-18-6-7-18)25(33)23(37-27)14-19-15-30-26-21(19)5-4-10-29-26;2-1-3/h4-5,8-10,13-15,18,31H,6-7,11-12,16H2,1-3H3,(H,29,30);1H,(H,2,3). The summed E-state index contributed by atoms with van der Waals surface area (Å²) in [6, 6.07) is 9.28. The third-order valence-electron chi connectivity index (χ3n) is 6.26. The number of aromatic nitrogens is 2. The van der Waals surface area contributed by atoms with Crippen LogP contribution in [0, 0.1) is 12.8 Å². The van der Waals surface area contributed by atoms with Gasteiger partial charge in [-0.2, -0.15) is 0 Å². The molecule has 11 heteroatoms. The van der Waals surface area contributed by atoms with Gasteiger partial charge in [0.15, 0.2) is 11.3 Å². The lowest BCUT2D eigenvalue weighted by Crippen LogP contribution is -2.19. The van der Waals surface area contributed by atoms with Gasteiger partial charge in [-0.25, -0.2) is 9.78 Å². The number of nitrogens with one attached hydrogen (secondary N) is 2. The Morgan fingerprint density at radius 2 is 2.08 bits per heavy atom. The van der Waals surface area contributed by atoms with Crippen LogP contribution in [0.1, 0.15) is 24.0 Å². The molecule has 1 aliphatic carbocycles. The van der Waals surface area contributed by atoms with E-state index < -0.39 is 11.8 Å². The minimum absolute atomic E-state index is 0.0342. The summed E-state index contributed by atoms with van der Waals surface area (Å²) in [5.41, 5.74) is 2.84. The van der Waals surface area contributed by atoms with Crippen molar-refractivity contribution in [1.82, 2.24) is 14.9 Å². The van der Waals surface area contributed by atoms with Gasteiger partial charge in [0.1, 0.15) is 18.0 Å². The average Bonchev–Trinajstić information content (AvgIpc) is 3.59. The number of carbonyl (C=O) groups is 3. The zero-order chi connectivity index (χ0) is 28.6. The molecule has 2 aliphatic rings. The summed E-state index contributed by atoms with van der Waals surface area (Å²) >= 11 is 0. The minimum Gasteiger partial charge on any atom is -0.492 e. The molecular formula is C29H32N4O7. The number of H-pyrrole nitrogens is 1. The molecule has 11 nitrogen and oxygen atoms in total. The number of nitrogens with zero attached hydrogens (tertiary/aromatic N) is 2. The molecule has 0 atom stereocenters. The van der Waals surface area contributed by atoms with E-state index in [2.05, 4.69) is 15.3 Å². The Labute approximate surface area is 231 Å². The van der Waals surface area contributed by atoms with Crippen LogP contribution < -0.4 is 10.1 Å². The van der Waals surface area contributed by atoms with Gasteiger partial charge in [-0.05, 0) is 81.7 Å². The number of aryl methyl sites for hydroxylation is 1. The number of hydrogen-bond acceptors (Lipinski definition) is 9. The van der Waals surface area contributed by atoms with Crippen molar-refractivity contribution in [3.05, 3.63) is 71.1 Å². The van der Waals surface area contributed by atoms with Crippen LogP contribution in [0.2, 0.25) is 0 Å². The predicted octanol–water partition coefficient (Wildman–Crippen LogP) is 3.73. The van der Waals surface area contributed by atoms with E-state index in [1.54, 1.807) is 18.5 Å². The second kappa shape index (κ2) is 12.9. The molecule has 2 aromatic heterocycles. The van der Waals surface area contributed by atoms with Gasteiger partial charge in [0.25, 0.3) is 6.47 Å². The Morgan fingerprint density at radius 1 is 1.30 bits per heavy atom. The van der Waals surface area contributed by atoms with E-state index in [4.69, 9.17) is 24.1 Å². The maximum Gasteiger partial charge on any atom is 0.347 e. The number of ether oxygens (including phenoxy) is 3. The number of Topliss-reactive ketones (excluding diaryl/α,β-unsaturated/α-hetero) is 1. The second-order valence-electron chi connectivity index (χ2n) is 9.69. The third kappa shape index (κ3) is 7.06. The lowest BCUT2D eigenvalue weighted by molar-refractivity contribution is -0.140. The molecule has 1 aliphatic heterocycles. The van der Waals surface area contributed by atoms with E-state index in [9.17, 15) is 9.59 Å². The zero-order valence-electron chi connectivity index (χ0n) is 22.6. The van der Waals surface area contributed by atoms with Gasteiger partial charge in [-0.1, -0.05) is 0 Å². The number of fused-ring (bicyclic) bond motifs is 1. The van der Waals surface area contributed by atoms with E-state index >= 15 is 0 Å². The van der Waals surface area contributed by atoms with Crippen molar-refractivity contribution >= 4 is 41.0 Å². The number of anilines is 1. The molecule has 1 fully saturated rings. The van der Waals surface area contributed by atoms with Crippen molar-refractivity contribution < 1.29 is 33.7 Å². The molecule has 0 radical (unpaired) electrons. The van der Waals surface area contributed by atoms with Gasteiger partial charge >= 0.3 is 5.97 Å². The Kier molecular flexibility index (Phi) is 9.18. The second-order valence-corrected chi connectivity index (χ2v) is 9.69. The van der Waals surface area contributed by atoms with Crippen molar-refractivity contribution in [2.45, 2.75) is 19.8 Å². The summed E-state index contributed by atoms with van der Waals surface area (Å²) in [7, 11) is 3.98. The van der Waals surface area contributed by atoms with Crippen LogP contribution in [0.3, 0.4) is 0 Å². The summed E-state index contributed by atoms with van der Waals surface area (Å²) in [5.74, 6) is -0.0203. The Morgan fingerprint density at radius 3 is 2.77 bits per heavy atom. The van der Waals surface area contributed by atoms with Gasteiger partial charge in [-0.15, -0.1) is 0 Å². The van der Waals surface area contributed by atoms with Crippen LogP contribution >= 0.6 is 0 Å². The molecule has 1 saturated carbocycles. The lowest BCUT2D eigenvalue weighted by Gasteiger charge is -2.14. The molecule has 1 aromatic carbocycles. The zero-order valence-corrected chi connectivity index (χ0v) is 22.6. The van der Waals surface area contributed by atoms with E-state index in [1.165, 1.54) is 0 Å². The van der Waals surface area contributed by atoms with Crippen molar-refractivity contribution in [3.8, 4) is 5.75 Å². The highest BCUT2D eigenvalue weighted by Crippen LogP contribution is 2.33. The predicted molar refractivity (Wildman–Crippen MR) is 148 cm³/mol. The third-order valence-corrected chi connectivity index (χ3v) is 6.26. The van der Waals surface area contributed by atoms with Crippen molar-refractivity contribution in [3.63, 3.8) is 0 Å². The summed E-state index contributed by atoms with van der Waals surface area (Å²) in [4.78, 5) is 44.1. The molecule has 0 saturated heterocycles. The van der Waals surface area contributed by atoms with Crippen molar-refractivity contribution in [2.75, 3.05) is 39.2 Å². The molecule has 210 valence electrons. The highest BCUT2D eigenvalue weighted by atomic mass is 16.5. The number of aromatic amines is 1. The fourth-order valence-electron chi connectivity index (χ4n) is 3.92. The fourth-order valence-corrected chi connectivity index (χ4v) is 3.92. The first-order valence-corrected chi connectivity index (χ1v) is 12.8. The van der Waals surface area contributed by atoms with Crippen LogP contribution in [0.25, 0.3) is 17.1 Å². The van der Waals surface area contributed by atoms with Crippen molar-refractivity contribution in [1.29, 1.82) is 0 Å². The monoisotopic (exact) mass is 548 g/mol. The molecule has 0 spiro atoms. The Bertz CT molecular complexity index is 1450. The number of esters is 1. The van der Waals surface area contributed by atoms with E-state index in [-0.39, 0.29) is 23.7 Å². The molecule has 0 bridgehead atoms. The maximum atomic E-state index is 13.3. The molecule has 3 heterocycles. The van der Waals surface area contributed by atoms with Crippen LogP contribution in [0.5, 0.6) is 5.75 Å². The van der Waals surface area contributed by atoms with E-state index in [0.717, 1.165) is 41.6 Å². The van der Waals surface area contributed by atoms with E-state index in [1.807, 2.05) is 56.3 Å². The van der Waals surface area contributed by atoms with Gasteiger partial charge in [0.05, 0.1) is 6.61 Å². The number of pyridine rings is 1. The van der Waals surface area contributed by atoms with Gasteiger partial charge in [-0.3, -0.25) is 9.59 Å². The number of carboxylic acid groups (broad SMARTS) is 1. The number of rotatable bonds is 10. The molecule has 3 aromatic rings. The van der Waals surface area contributed by atoms with Gasteiger partial charge in [0, 0.05) is 35.6 Å². The van der Waals surface area contributed by atoms with Crippen LogP contribution in [-0.4, -0.2) is 72.1 Å². The molecule has 0 amide bonds. The summed E-state index contributed by atoms with van der Waals surface area (Å²) in [6.45, 7) is 3.33. The van der Waals surface area contributed by atoms with E-state index in [0.29, 0.717) is 30.5 Å². The van der Waals surface area contributed by atoms with Crippen LogP contribution in [0.15, 0.2) is 59.9 Å². The molecule has 3 N–H and O–H groups in total. The number of hydrogen-bond donors (Lipinski definition) is 3. The maximum absolute atomic E-state index is 13.3. The smallest absolute Gasteiger partial charge is 0.347 e. The van der Waals surface area contributed by atoms with Crippen molar-refractivity contribution in [2.24, 2.45) is 5.92 Å². The first kappa shape index (κ1) is 28.4. The number of allylic oxidation sites excluding steroid dienone is 1. The number of benzene rings is 1. The first-order valence-electron chi connectivity index (χ1n) is 12.8. The Hall–Kier alpha value is -4.64. The highest BCUT2D eigenvalue weighted by Gasteiger charge is 2.38. The molecule has 5 rings (SSSR count). The fraction of sp³-hybridized carbons (Fsp3) is 0.310. The number of ketones is 1. The first-order chi connectivity index (χ1) is 19.3. The van der Waals surface area contributed by atoms with Crippen LogP contribution in [-0.2, 0) is 23.9 Å². The quantitative estimate of drug-likeness (QED) is 0.148. The van der Waals surface area contributed by atoms with Gasteiger partial charge < -0.3 is 34.5 Å². The van der Waals surface area contributed by atoms with Crippen LogP contribution in [0.4, 0.5) is 5.69 Å². The Balaban J connectivity index is 0.00000118. The molecule has 0 unspecified atom stereocenters. The lowest BCUT2D eigenvalue weighted by atomic mass is 10.1. The SMILES string of the molecule is Cc1cc(OCCN(C)C)ccc1NC1=C(C(=O)OCC2CC2)C(=O)C(=Cc2c[nH]c3ncccc23)O1.O=CO. The highest BCUT2D eigenvalue weighted by molar-refractivity contribution is 6.26. The van der Waals surface area contributed by atoms with Gasteiger partial charge in [0.2, 0.25) is 11.7 Å². The normalized spacial score (nSPS) is 15.6. The molecular weight excluding hydrogens is 516 g/mol. The average molecular weight is 549 g/mol. The number of carbonyl (C=O) groups excluding carboxylic acids is 2. The summed E-state index contributed by atoms with van der Waals surface area (Å²) in [6.07, 6.45) is 7.11. The minimum atomic E-state index is -0.690. The topological polar surface area (TPSA) is 143 Å². The summed E-state index contributed by atoms with van der Waals surface area (Å²) < 4.78 is 17.2.